The molecular weight excluding hydrogens is 304 g/mol. The molecule has 3 rings (SSSR count). The van der Waals surface area contributed by atoms with Gasteiger partial charge in [0.15, 0.2) is 11.5 Å². The Balaban J connectivity index is 1.80. The monoisotopic (exact) mass is 334 g/mol. The van der Waals surface area contributed by atoms with Gasteiger partial charge in [-0.25, -0.2) is 0 Å². The molecule has 2 heterocycles. The Morgan fingerprint density at radius 2 is 1.83 bits per heavy atom. The van der Waals surface area contributed by atoms with Crippen LogP contribution in [0.2, 0.25) is 0 Å². The number of rotatable bonds is 5. The Kier molecular flexibility index (Phi) is 5.98. The zero-order valence-corrected chi connectivity index (χ0v) is 15.2. The smallest absolute Gasteiger partial charge is 0.161 e. The number of hydrogen-bond donors (Lipinski definition) is 0. The van der Waals surface area contributed by atoms with Crippen molar-refractivity contribution in [3.63, 3.8) is 0 Å². The van der Waals surface area contributed by atoms with Crippen LogP contribution in [0.3, 0.4) is 0 Å². The van der Waals surface area contributed by atoms with Crippen molar-refractivity contribution in [2.75, 3.05) is 60.7 Å². The van der Waals surface area contributed by atoms with Gasteiger partial charge in [0.2, 0.25) is 0 Å². The zero-order chi connectivity index (χ0) is 16.9. The molecule has 2 unspecified atom stereocenters. The highest BCUT2D eigenvalue weighted by molar-refractivity contribution is 5.44. The maximum absolute atomic E-state index is 5.52. The standard InChI is InChI=1S/C19H30N2O3/c1-20-8-4-5-16(14-21-9-11-24-12-10-21)19(20)15-6-7-17(22-2)18(13-15)23-3/h6-7,13,16,19H,4-5,8-12,14H2,1-3H3. The summed E-state index contributed by atoms with van der Waals surface area (Å²) >= 11 is 0. The van der Waals surface area contributed by atoms with E-state index < -0.39 is 0 Å². The van der Waals surface area contributed by atoms with E-state index in [0.29, 0.717) is 12.0 Å². The van der Waals surface area contributed by atoms with Crippen molar-refractivity contribution < 1.29 is 14.2 Å². The second-order valence-corrected chi connectivity index (χ2v) is 6.86. The number of likely N-dealkylation sites (tertiary alicyclic amines) is 1. The highest BCUT2D eigenvalue weighted by atomic mass is 16.5. The zero-order valence-electron chi connectivity index (χ0n) is 15.2. The summed E-state index contributed by atoms with van der Waals surface area (Å²) in [4.78, 5) is 5.05. The average Bonchev–Trinajstić information content (AvgIpc) is 2.62. The number of ether oxygens (including phenoxy) is 3. The summed E-state index contributed by atoms with van der Waals surface area (Å²) in [7, 11) is 5.63. The molecule has 5 nitrogen and oxygen atoms in total. The molecule has 134 valence electrons. The summed E-state index contributed by atoms with van der Waals surface area (Å²) < 4.78 is 16.4. The third kappa shape index (κ3) is 3.85. The van der Waals surface area contributed by atoms with Gasteiger partial charge in [-0.3, -0.25) is 9.80 Å². The van der Waals surface area contributed by atoms with Gasteiger partial charge in [0.05, 0.1) is 27.4 Å². The van der Waals surface area contributed by atoms with Gasteiger partial charge in [-0.05, 0) is 50.0 Å². The largest absolute Gasteiger partial charge is 0.493 e. The summed E-state index contributed by atoms with van der Waals surface area (Å²) in [6.45, 7) is 6.14. The average molecular weight is 334 g/mol. The molecule has 1 aromatic carbocycles. The predicted octanol–water partition coefficient (Wildman–Crippen LogP) is 2.42. The molecule has 0 aliphatic carbocycles. The molecule has 2 aliphatic rings. The van der Waals surface area contributed by atoms with Crippen LogP contribution in [-0.4, -0.2) is 70.5 Å². The highest BCUT2D eigenvalue weighted by Gasteiger charge is 2.32. The quantitative estimate of drug-likeness (QED) is 0.826. The Bertz CT molecular complexity index is 531. The van der Waals surface area contributed by atoms with Crippen LogP contribution in [-0.2, 0) is 4.74 Å². The maximum Gasteiger partial charge on any atom is 0.161 e. The first kappa shape index (κ1) is 17.5. The van der Waals surface area contributed by atoms with Crippen molar-refractivity contribution in [1.29, 1.82) is 0 Å². The first-order valence-corrected chi connectivity index (χ1v) is 8.95. The van der Waals surface area contributed by atoms with Crippen LogP contribution in [0.25, 0.3) is 0 Å². The van der Waals surface area contributed by atoms with Crippen molar-refractivity contribution in [3.8, 4) is 11.5 Å². The second kappa shape index (κ2) is 8.19. The number of morpholine rings is 1. The van der Waals surface area contributed by atoms with Crippen LogP contribution < -0.4 is 9.47 Å². The number of nitrogens with zero attached hydrogens (tertiary/aromatic N) is 2. The molecule has 0 amide bonds. The minimum Gasteiger partial charge on any atom is -0.493 e. The molecular formula is C19H30N2O3. The van der Waals surface area contributed by atoms with Crippen LogP contribution in [0, 0.1) is 5.92 Å². The van der Waals surface area contributed by atoms with Crippen LogP contribution in [0.5, 0.6) is 11.5 Å². The van der Waals surface area contributed by atoms with E-state index in [4.69, 9.17) is 14.2 Å². The van der Waals surface area contributed by atoms with Gasteiger partial charge in [-0.2, -0.15) is 0 Å². The summed E-state index contributed by atoms with van der Waals surface area (Å²) in [5.74, 6) is 2.25. The molecule has 2 atom stereocenters. The fourth-order valence-electron chi connectivity index (χ4n) is 4.13. The fraction of sp³-hybridized carbons (Fsp3) is 0.684. The van der Waals surface area contributed by atoms with Crippen LogP contribution >= 0.6 is 0 Å². The summed E-state index contributed by atoms with van der Waals surface area (Å²) in [6, 6.07) is 6.81. The van der Waals surface area contributed by atoms with E-state index in [1.165, 1.54) is 18.4 Å². The Hall–Kier alpha value is -1.30. The Morgan fingerprint density at radius 1 is 1.08 bits per heavy atom. The second-order valence-electron chi connectivity index (χ2n) is 6.86. The molecule has 0 N–H and O–H groups in total. The van der Waals surface area contributed by atoms with Crippen molar-refractivity contribution in [2.45, 2.75) is 18.9 Å². The minimum atomic E-state index is 0.432. The van der Waals surface area contributed by atoms with E-state index in [0.717, 1.165) is 50.9 Å². The molecule has 0 bridgehead atoms. The lowest BCUT2D eigenvalue weighted by molar-refractivity contribution is 0.0131. The van der Waals surface area contributed by atoms with E-state index >= 15 is 0 Å². The van der Waals surface area contributed by atoms with Crippen LogP contribution in [0.15, 0.2) is 18.2 Å². The van der Waals surface area contributed by atoms with Crippen molar-refractivity contribution in [2.24, 2.45) is 5.92 Å². The molecule has 2 aliphatic heterocycles. The molecule has 2 saturated heterocycles. The topological polar surface area (TPSA) is 34.2 Å². The SMILES string of the molecule is COc1ccc(C2C(CN3CCOCC3)CCCN2C)cc1OC. The molecule has 0 saturated carbocycles. The molecule has 0 radical (unpaired) electrons. The van der Waals surface area contributed by atoms with E-state index in [1.54, 1.807) is 14.2 Å². The summed E-state index contributed by atoms with van der Waals surface area (Å²) in [5, 5.41) is 0. The van der Waals surface area contributed by atoms with E-state index in [9.17, 15) is 0 Å². The Morgan fingerprint density at radius 3 is 2.54 bits per heavy atom. The third-order valence-corrected chi connectivity index (χ3v) is 5.35. The van der Waals surface area contributed by atoms with Gasteiger partial charge < -0.3 is 14.2 Å². The number of benzene rings is 1. The maximum atomic E-state index is 5.52. The molecule has 24 heavy (non-hydrogen) atoms. The van der Waals surface area contributed by atoms with Gasteiger partial charge in [0.25, 0.3) is 0 Å². The summed E-state index contributed by atoms with van der Waals surface area (Å²) in [6.07, 6.45) is 2.55. The first-order valence-electron chi connectivity index (χ1n) is 8.95. The summed E-state index contributed by atoms with van der Waals surface area (Å²) in [5.41, 5.74) is 1.33. The Labute approximate surface area is 145 Å². The van der Waals surface area contributed by atoms with Gasteiger partial charge in [0, 0.05) is 25.7 Å². The number of methoxy groups -OCH3 is 2. The van der Waals surface area contributed by atoms with E-state index in [1.807, 2.05) is 6.07 Å². The van der Waals surface area contributed by atoms with Gasteiger partial charge in [-0.1, -0.05) is 6.07 Å². The minimum absolute atomic E-state index is 0.432. The highest BCUT2D eigenvalue weighted by Crippen LogP contribution is 2.39. The lowest BCUT2D eigenvalue weighted by Gasteiger charge is -2.42. The molecule has 1 aromatic rings. The van der Waals surface area contributed by atoms with Crippen molar-refractivity contribution >= 4 is 0 Å². The molecule has 5 heteroatoms. The van der Waals surface area contributed by atoms with Gasteiger partial charge >= 0.3 is 0 Å². The van der Waals surface area contributed by atoms with Gasteiger partial charge in [-0.15, -0.1) is 0 Å². The van der Waals surface area contributed by atoms with Crippen LogP contribution in [0.4, 0.5) is 0 Å². The number of hydrogen-bond acceptors (Lipinski definition) is 5. The van der Waals surface area contributed by atoms with Crippen molar-refractivity contribution in [1.82, 2.24) is 9.80 Å². The predicted molar refractivity (Wildman–Crippen MR) is 94.9 cm³/mol. The molecule has 0 spiro atoms. The lowest BCUT2D eigenvalue weighted by Crippen LogP contribution is -2.45. The van der Waals surface area contributed by atoms with E-state index in [2.05, 4.69) is 29.0 Å². The van der Waals surface area contributed by atoms with Crippen molar-refractivity contribution in [3.05, 3.63) is 23.8 Å². The normalized spacial score (nSPS) is 26.3. The van der Waals surface area contributed by atoms with Gasteiger partial charge in [0.1, 0.15) is 0 Å². The molecule has 0 aromatic heterocycles. The number of piperidine rings is 1. The fourth-order valence-corrected chi connectivity index (χ4v) is 4.13. The van der Waals surface area contributed by atoms with E-state index in [-0.39, 0.29) is 0 Å². The third-order valence-electron chi connectivity index (χ3n) is 5.35. The first-order chi connectivity index (χ1) is 11.7. The lowest BCUT2D eigenvalue weighted by atomic mass is 9.84. The van der Waals surface area contributed by atoms with Crippen LogP contribution in [0.1, 0.15) is 24.4 Å². The molecule has 2 fully saturated rings.